The Labute approximate surface area is 87.7 Å². The molecule has 0 aliphatic heterocycles. The molecule has 0 aliphatic rings. The summed E-state index contributed by atoms with van der Waals surface area (Å²) in [5.41, 5.74) is -0.467. The van der Waals surface area contributed by atoms with E-state index in [1.165, 1.54) is 6.20 Å². The van der Waals surface area contributed by atoms with Gasteiger partial charge < -0.3 is 0 Å². The maximum atomic E-state index is 11.5. The third kappa shape index (κ3) is 2.96. The van der Waals surface area contributed by atoms with Crippen LogP contribution in [-0.2, 0) is 4.79 Å². The SMILES string of the molecule is CC(C)(C)C(=O)Nc1nccc(Cl)n1. The molecule has 76 valence electrons. The molecule has 1 amide bonds. The van der Waals surface area contributed by atoms with Crippen molar-refractivity contribution in [2.75, 3.05) is 5.32 Å². The Kier molecular flexibility index (Phi) is 3.06. The van der Waals surface area contributed by atoms with E-state index in [2.05, 4.69) is 15.3 Å². The Balaban J connectivity index is 2.75. The molecule has 0 spiro atoms. The molecule has 0 atom stereocenters. The molecule has 0 saturated heterocycles. The Morgan fingerprint density at radius 1 is 1.50 bits per heavy atom. The summed E-state index contributed by atoms with van der Waals surface area (Å²) in [4.78, 5) is 19.2. The summed E-state index contributed by atoms with van der Waals surface area (Å²) >= 11 is 5.64. The summed E-state index contributed by atoms with van der Waals surface area (Å²) in [5, 5.41) is 2.89. The molecule has 1 rings (SSSR count). The van der Waals surface area contributed by atoms with Crippen LogP contribution in [0.1, 0.15) is 20.8 Å². The van der Waals surface area contributed by atoms with Gasteiger partial charge in [-0.15, -0.1) is 0 Å². The number of anilines is 1. The predicted molar refractivity (Wildman–Crippen MR) is 55.1 cm³/mol. The molecule has 0 fully saturated rings. The summed E-state index contributed by atoms with van der Waals surface area (Å²) in [6.07, 6.45) is 1.49. The van der Waals surface area contributed by atoms with E-state index in [4.69, 9.17) is 11.6 Å². The van der Waals surface area contributed by atoms with Gasteiger partial charge in [0.05, 0.1) is 0 Å². The van der Waals surface area contributed by atoms with E-state index in [0.717, 1.165) is 0 Å². The molecule has 0 radical (unpaired) electrons. The van der Waals surface area contributed by atoms with E-state index in [0.29, 0.717) is 5.15 Å². The molecule has 1 heterocycles. The van der Waals surface area contributed by atoms with E-state index in [9.17, 15) is 4.79 Å². The van der Waals surface area contributed by atoms with Crippen LogP contribution >= 0.6 is 11.6 Å². The van der Waals surface area contributed by atoms with Crippen LogP contribution in [0.2, 0.25) is 5.15 Å². The van der Waals surface area contributed by atoms with Crippen molar-refractivity contribution in [3.05, 3.63) is 17.4 Å². The topological polar surface area (TPSA) is 54.9 Å². The first-order valence-electron chi connectivity index (χ1n) is 4.19. The van der Waals surface area contributed by atoms with Gasteiger partial charge in [0.1, 0.15) is 5.15 Å². The number of carbonyl (C=O) groups excluding carboxylic acids is 1. The van der Waals surface area contributed by atoms with Gasteiger partial charge in [0.15, 0.2) is 0 Å². The second-order valence-corrected chi connectivity index (χ2v) is 4.29. The summed E-state index contributed by atoms with van der Waals surface area (Å²) < 4.78 is 0. The number of rotatable bonds is 1. The van der Waals surface area contributed by atoms with Gasteiger partial charge in [0, 0.05) is 11.6 Å². The highest BCUT2D eigenvalue weighted by atomic mass is 35.5. The molecule has 0 unspecified atom stereocenters. The fourth-order valence-electron chi connectivity index (χ4n) is 0.686. The molecular formula is C9H12ClN3O. The minimum atomic E-state index is -0.467. The van der Waals surface area contributed by atoms with Crippen LogP contribution < -0.4 is 5.32 Å². The summed E-state index contributed by atoms with van der Waals surface area (Å²) in [5.74, 6) is 0.0946. The van der Waals surface area contributed by atoms with Gasteiger partial charge in [-0.25, -0.2) is 9.97 Å². The zero-order valence-corrected chi connectivity index (χ0v) is 9.09. The van der Waals surface area contributed by atoms with Crippen molar-refractivity contribution in [1.82, 2.24) is 9.97 Å². The number of aromatic nitrogens is 2. The molecule has 0 aliphatic carbocycles. The van der Waals surface area contributed by atoms with Crippen molar-refractivity contribution in [3.63, 3.8) is 0 Å². The van der Waals surface area contributed by atoms with E-state index >= 15 is 0 Å². The predicted octanol–water partition coefficient (Wildman–Crippen LogP) is 2.11. The monoisotopic (exact) mass is 213 g/mol. The number of hydrogen-bond donors (Lipinski definition) is 1. The van der Waals surface area contributed by atoms with Crippen LogP contribution in [0.4, 0.5) is 5.95 Å². The number of nitrogens with one attached hydrogen (secondary N) is 1. The van der Waals surface area contributed by atoms with Gasteiger partial charge in [0.25, 0.3) is 0 Å². The fraction of sp³-hybridized carbons (Fsp3) is 0.444. The van der Waals surface area contributed by atoms with E-state index in [1.54, 1.807) is 6.07 Å². The maximum absolute atomic E-state index is 11.5. The van der Waals surface area contributed by atoms with Gasteiger partial charge in [-0.1, -0.05) is 32.4 Å². The number of carbonyl (C=O) groups is 1. The van der Waals surface area contributed by atoms with Crippen molar-refractivity contribution in [1.29, 1.82) is 0 Å². The largest absolute Gasteiger partial charge is 0.294 e. The second-order valence-electron chi connectivity index (χ2n) is 3.91. The third-order valence-corrected chi connectivity index (χ3v) is 1.74. The summed E-state index contributed by atoms with van der Waals surface area (Å²) in [7, 11) is 0. The molecule has 0 bridgehead atoms. The van der Waals surface area contributed by atoms with E-state index < -0.39 is 5.41 Å². The summed E-state index contributed by atoms with van der Waals surface area (Å²) in [6.45, 7) is 5.44. The van der Waals surface area contributed by atoms with Crippen molar-refractivity contribution in [2.24, 2.45) is 5.41 Å². The molecule has 1 aromatic heterocycles. The Morgan fingerprint density at radius 3 is 2.64 bits per heavy atom. The molecule has 5 heteroatoms. The average molecular weight is 214 g/mol. The Morgan fingerprint density at radius 2 is 2.14 bits per heavy atom. The molecule has 14 heavy (non-hydrogen) atoms. The molecule has 0 aromatic carbocycles. The highest BCUT2D eigenvalue weighted by molar-refractivity contribution is 6.29. The van der Waals surface area contributed by atoms with Crippen LogP contribution in [0.25, 0.3) is 0 Å². The lowest BCUT2D eigenvalue weighted by atomic mass is 9.96. The van der Waals surface area contributed by atoms with Gasteiger partial charge in [-0.3, -0.25) is 10.1 Å². The minimum Gasteiger partial charge on any atom is -0.294 e. The van der Waals surface area contributed by atoms with Crippen molar-refractivity contribution in [3.8, 4) is 0 Å². The van der Waals surface area contributed by atoms with Crippen LogP contribution in [0.5, 0.6) is 0 Å². The molecule has 0 saturated carbocycles. The highest BCUT2D eigenvalue weighted by Gasteiger charge is 2.21. The normalized spacial score (nSPS) is 11.1. The zero-order chi connectivity index (χ0) is 10.8. The number of halogens is 1. The molecule has 1 aromatic rings. The lowest BCUT2D eigenvalue weighted by Crippen LogP contribution is -2.28. The van der Waals surface area contributed by atoms with Crippen LogP contribution in [0.3, 0.4) is 0 Å². The Hall–Kier alpha value is -1.16. The standard InChI is InChI=1S/C9H12ClN3O/c1-9(2,3)7(14)13-8-11-5-4-6(10)12-8/h4-5H,1-3H3,(H,11,12,13,14). The number of nitrogens with zero attached hydrogens (tertiary/aromatic N) is 2. The lowest BCUT2D eigenvalue weighted by Gasteiger charge is -2.16. The average Bonchev–Trinajstić information content (AvgIpc) is 2.02. The first-order valence-corrected chi connectivity index (χ1v) is 4.57. The zero-order valence-electron chi connectivity index (χ0n) is 8.34. The van der Waals surface area contributed by atoms with Crippen LogP contribution in [0, 0.1) is 5.41 Å². The number of hydrogen-bond acceptors (Lipinski definition) is 3. The van der Waals surface area contributed by atoms with Gasteiger partial charge in [-0.2, -0.15) is 0 Å². The van der Waals surface area contributed by atoms with Gasteiger partial charge >= 0.3 is 0 Å². The molecule has 1 N–H and O–H groups in total. The quantitative estimate of drug-likeness (QED) is 0.727. The van der Waals surface area contributed by atoms with Gasteiger partial charge in [0.2, 0.25) is 11.9 Å². The smallest absolute Gasteiger partial charge is 0.232 e. The fourth-order valence-corrected chi connectivity index (χ4v) is 0.822. The Bertz CT molecular complexity index is 346. The van der Waals surface area contributed by atoms with Gasteiger partial charge in [-0.05, 0) is 6.07 Å². The lowest BCUT2D eigenvalue weighted by molar-refractivity contribution is -0.123. The van der Waals surface area contributed by atoms with Crippen molar-refractivity contribution >= 4 is 23.5 Å². The van der Waals surface area contributed by atoms with E-state index in [-0.39, 0.29) is 11.9 Å². The first kappa shape index (κ1) is 10.9. The molecule has 4 nitrogen and oxygen atoms in total. The molecular weight excluding hydrogens is 202 g/mol. The van der Waals surface area contributed by atoms with Crippen molar-refractivity contribution < 1.29 is 4.79 Å². The highest BCUT2D eigenvalue weighted by Crippen LogP contribution is 2.15. The maximum Gasteiger partial charge on any atom is 0.232 e. The third-order valence-electron chi connectivity index (χ3n) is 1.53. The van der Waals surface area contributed by atoms with Crippen LogP contribution in [-0.4, -0.2) is 15.9 Å². The van der Waals surface area contributed by atoms with E-state index in [1.807, 2.05) is 20.8 Å². The van der Waals surface area contributed by atoms with Crippen LogP contribution in [0.15, 0.2) is 12.3 Å². The first-order chi connectivity index (χ1) is 6.39. The van der Waals surface area contributed by atoms with Crippen molar-refractivity contribution in [2.45, 2.75) is 20.8 Å². The number of amides is 1. The summed E-state index contributed by atoms with van der Waals surface area (Å²) in [6, 6.07) is 1.55. The second kappa shape index (κ2) is 3.92. The minimum absolute atomic E-state index is 0.139.